The maximum atomic E-state index is 13.4. The van der Waals surface area contributed by atoms with Crippen molar-refractivity contribution >= 4 is 6.03 Å². The van der Waals surface area contributed by atoms with E-state index in [1.165, 1.54) is 35.1 Å². The van der Waals surface area contributed by atoms with Crippen LogP contribution < -0.4 is 5.32 Å². The summed E-state index contributed by atoms with van der Waals surface area (Å²) in [7, 11) is 0. The molecule has 1 aromatic carbocycles. The van der Waals surface area contributed by atoms with Crippen molar-refractivity contribution in [3.63, 3.8) is 0 Å². The summed E-state index contributed by atoms with van der Waals surface area (Å²) in [6.07, 6.45) is 5.59. The molecule has 4 aliphatic rings. The molecular formula is C25H37N3O2. The Labute approximate surface area is 181 Å². The zero-order chi connectivity index (χ0) is 20.9. The summed E-state index contributed by atoms with van der Waals surface area (Å²) in [5.74, 6) is 0. The van der Waals surface area contributed by atoms with E-state index in [-0.39, 0.29) is 16.9 Å². The van der Waals surface area contributed by atoms with Crippen molar-refractivity contribution in [2.75, 3.05) is 39.4 Å². The van der Waals surface area contributed by atoms with Gasteiger partial charge in [0.15, 0.2) is 0 Å². The highest BCUT2D eigenvalue weighted by molar-refractivity contribution is 5.75. The number of benzene rings is 1. The Morgan fingerprint density at radius 1 is 1.20 bits per heavy atom. The number of fused-ring (bicyclic) bond motifs is 1. The topological polar surface area (TPSA) is 44.8 Å². The largest absolute Gasteiger partial charge is 0.381 e. The smallest absolute Gasteiger partial charge is 0.320 e. The van der Waals surface area contributed by atoms with Gasteiger partial charge in [0.05, 0.1) is 6.61 Å². The lowest BCUT2D eigenvalue weighted by molar-refractivity contribution is 0.138. The summed E-state index contributed by atoms with van der Waals surface area (Å²) >= 11 is 0. The summed E-state index contributed by atoms with van der Waals surface area (Å²) in [6, 6.07) is 5.50. The van der Waals surface area contributed by atoms with Crippen LogP contribution in [0.2, 0.25) is 0 Å². The van der Waals surface area contributed by atoms with E-state index >= 15 is 0 Å². The summed E-state index contributed by atoms with van der Waals surface area (Å²) in [5, 5.41) is 3.71. The SMILES string of the molecule is CC(C)(C)c1cc2c(c([C@@H]3CCCN3)c1)CN(C(=O)N1CCC3(CCOC3)C1)CC2. The summed E-state index contributed by atoms with van der Waals surface area (Å²) in [5.41, 5.74) is 6.09. The van der Waals surface area contributed by atoms with Crippen LogP contribution in [-0.2, 0) is 23.1 Å². The fourth-order valence-electron chi connectivity index (χ4n) is 5.82. The van der Waals surface area contributed by atoms with Crippen LogP contribution in [0.25, 0.3) is 0 Å². The van der Waals surface area contributed by atoms with E-state index in [4.69, 9.17) is 4.74 Å². The van der Waals surface area contributed by atoms with Gasteiger partial charge in [0.1, 0.15) is 0 Å². The Morgan fingerprint density at radius 3 is 2.77 bits per heavy atom. The van der Waals surface area contributed by atoms with Crippen molar-refractivity contribution in [2.45, 2.75) is 70.9 Å². The lowest BCUT2D eigenvalue weighted by Crippen LogP contribution is -2.45. The second-order valence-electron chi connectivity index (χ2n) is 11.0. The molecule has 0 radical (unpaired) electrons. The number of carbonyl (C=O) groups excluding carboxylic acids is 1. The van der Waals surface area contributed by atoms with Gasteiger partial charge in [-0.1, -0.05) is 32.9 Å². The molecule has 0 aliphatic carbocycles. The molecule has 164 valence electrons. The zero-order valence-electron chi connectivity index (χ0n) is 18.9. The van der Waals surface area contributed by atoms with Crippen molar-refractivity contribution in [3.8, 4) is 0 Å². The van der Waals surface area contributed by atoms with Gasteiger partial charge in [-0.3, -0.25) is 0 Å². The first-order valence-corrected chi connectivity index (χ1v) is 11.9. The number of hydrogen-bond donors (Lipinski definition) is 1. The minimum Gasteiger partial charge on any atom is -0.381 e. The minimum atomic E-state index is 0.141. The number of rotatable bonds is 1. The van der Waals surface area contributed by atoms with Gasteiger partial charge in [0, 0.05) is 44.2 Å². The average molecular weight is 412 g/mol. The lowest BCUT2D eigenvalue weighted by Gasteiger charge is -2.36. The Balaban J connectivity index is 1.39. The Bertz CT molecular complexity index is 816. The molecule has 5 heteroatoms. The first kappa shape index (κ1) is 20.3. The summed E-state index contributed by atoms with van der Waals surface area (Å²) < 4.78 is 5.66. The molecule has 2 amide bonds. The highest BCUT2D eigenvalue weighted by atomic mass is 16.5. The van der Waals surface area contributed by atoms with Crippen LogP contribution >= 0.6 is 0 Å². The molecule has 1 N–H and O–H groups in total. The van der Waals surface area contributed by atoms with Gasteiger partial charge in [-0.25, -0.2) is 4.79 Å². The number of nitrogens with zero attached hydrogens (tertiary/aromatic N) is 2. The van der Waals surface area contributed by atoms with E-state index < -0.39 is 0 Å². The number of likely N-dealkylation sites (tertiary alicyclic amines) is 1. The molecule has 0 bridgehead atoms. The predicted octanol–water partition coefficient (Wildman–Crippen LogP) is 4.00. The van der Waals surface area contributed by atoms with E-state index in [2.05, 4.69) is 48.0 Å². The molecular weight excluding hydrogens is 374 g/mol. The van der Waals surface area contributed by atoms with Gasteiger partial charge in [-0.05, 0) is 66.3 Å². The number of urea groups is 1. The highest BCUT2D eigenvalue weighted by Gasteiger charge is 2.44. The first-order valence-electron chi connectivity index (χ1n) is 11.9. The molecule has 4 aliphatic heterocycles. The van der Waals surface area contributed by atoms with Crippen LogP contribution in [0, 0.1) is 5.41 Å². The molecule has 1 spiro atoms. The van der Waals surface area contributed by atoms with Crippen LogP contribution in [0.5, 0.6) is 0 Å². The second-order valence-corrected chi connectivity index (χ2v) is 11.0. The quantitative estimate of drug-likeness (QED) is 0.760. The zero-order valence-corrected chi connectivity index (χ0v) is 18.9. The van der Waals surface area contributed by atoms with Crippen LogP contribution in [0.1, 0.15) is 74.8 Å². The van der Waals surface area contributed by atoms with E-state index in [9.17, 15) is 4.79 Å². The van der Waals surface area contributed by atoms with E-state index in [1.807, 2.05) is 0 Å². The number of ether oxygens (including phenoxy) is 1. The Morgan fingerprint density at radius 2 is 2.07 bits per heavy atom. The van der Waals surface area contributed by atoms with Crippen molar-refractivity contribution < 1.29 is 9.53 Å². The Hall–Kier alpha value is -1.59. The summed E-state index contributed by atoms with van der Waals surface area (Å²) in [6.45, 7) is 13.0. The number of carbonyl (C=O) groups is 1. The average Bonchev–Trinajstić information content (AvgIpc) is 3.49. The lowest BCUT2D eigenvalue weighted by atomic mass is 9.80. The number of amides is 2. The monoisotopic (exact) mass is 411 g/mol. The molecule has 0 aromatic heterocycles. The molecule has 1 unspecified atom stereocenters. The van der Waals surface area contributed by atoms with Gasteiger partial charge in [-0.15, -0.1) is 0 Å². The van der Waals surface area contributed by atoms with Crippen LogP contribution in [0.15, 0.2) is 12.1 Å². The standard InChI is InChI=1S/C25H37N3O2/c1-24(2,3)19-13-18-6-10-27(15-21(18)20(14-19)22-5-4-9-26-22)23(29)28-11-7-25(16-28)8-12-30-17-25/h13-14,22,26H,4-12,15-17H2,1-3H3/t22-,25?/m0/s1. The normalized spacial score (nSPS) is 29.1. The fourth-order valence-corrected chi connectivity index (χ4v) is 5.82. The molecule has 1 aromatic rings. The van der Waals surface area contributed by atoms with Crippen molar-refractivity contribution in [1.82, 2.24) is 15.1 Å². The molecule has 30 heavy (non-hydrogen) atoms. The summed E-state index contributed by atoms with van der Waals surface area (Å²) in [4.78, 5) is 17.6. The molecule has 5 nitrogen and oxygen atoms in total. The van der Waals surface area contributed by atoms with E-state index in [0.717, 1.165) is 65.2 Å². The van der Waals surface area contributed by atoms with Crippen molar-refractivity contribution in [3.05, 3.63) is 34.4 Å². The van der Waals surface area contributed by atoms with E-state index in [0.29, 0.717) is 6.04 Å². The predicted molar refractivity (Wildman–Crippen MR) is 119 cm³/mol. The van der Waals surface area contributed by atoms with Gasteiger partial charge in [-0.2, -0.15) is 0 Å². The molecule has 3 saturated heterocycles. The molecule has 0 saturated carbocycles. The maximum Gasteiger partial charge on any atom is 0.320 e. The van der Waals surface area contributed by atoms with Crippen molar-refractivity contribution in [2.24, 2.45) is 5.41 Å². The molecule has 4 heterocycles. The van der Waals surface area contributed by atoms with Gasteiger partial charge in [0.2, 0.25) is 0 Å². The third-order valence-corrected chi connectivity index (χ3v) is 7.84. The van der Waals surface area contributed by atoms with Gasteiger partial charge < -0.3 is 19.9 Å². The number of hydrogen-bond acceptors (Lipinski definition) is 3. The third kappa shape index (κ3) is 3.64. The maximum absolute atomic E-state index is 13.4. The second kappa shape index (κ2) is 7.52. The van der Waals surface area contributed by atoms with Crippen molar-refractivity contribution in [1.29, 1.82) is 0 Å². The highest BCUT2D eigenvalue weighted by Crippen LogP contribution is 2.40. The molecule has 2 atom stereocenters. The van der Waals surface area contributed by atoms with Gasteiger partial charge >= 0.3 is 6.03 Å². The van der Waals surface area contributed by atoms with Gasteiger partial charge in [0.25, 0.3) is 0 Å². The Kier molecular flexibility index (Phi) is 5.10. The van der Waals surface area contributed by atoms with E-state index in [1.54, 1.807) is 0 Å². The fraction of sp³-hybridized carbons (Fsp3) is 0.720. The third-order valence-electron chi connectivity index (χ3n) is 7.84. The minimum absolute atomic E-state index is 0.141. The molecule has 3 fully saturated rings. The van der Waals surface area contributed by atoms with Crippen LogP contribution in [0.3, 0.4) is 0 Å². The van der Waals surface area contributed by atoms with Crippen LogP contribution in [0.4, 0.5) is 4.79 Å². The number of nitrogens with one attached hydrogen (secondary N) is 1. The molecule has 5 rings (SSSR count). The first-order chi connectivity index (χ1) is 14.3. The van der Waals surface area contributed by atoms with Crippen LogP contribution in [-0.4, -0.2) is 55.2 Å².